The van der Waals surface area contributed by atoms with Gasteiger partial charge in [-0.15, -0.1) is 0 Å². The van der Waals surface area contributed by atoms with Crippen LogP contribution in [0.4, 0.5) is 5.82 Å². The van der Waals surface area contributed by atoms with Crippen molar-refractivity contribution in [1.82, 2.24) is 9.55 Å². The molecule has 9 N–H and O–H groups in total. The maximum atomic E-state index is 11.4. The van der Waals surface area contributed by atoms with Crippen molar-refractivity contribution in [3.63, 3.8) is 0 Å². The standard InChI is InChI=1S/C8H14N3O6P.2H2O/c9-7-1-2-11(8(13)10-7)3-6(4-12)17-5-18(14,15)16;;/h1-2,6,12H,3-5H2,(H2,9,10,13)(H2,14,15,16);2*1H2. The minimum absolute atomic E-state index is 0. The van der Waals surface area contributed by atoms with Gasteiger partial charge in [-0.3, -0.25) is 9.13 Å². The van der Waals surface area contributed by atoms with Crippen LogP contribution in [0.15, 0.2) is 17.1 Å². The van der Waals surface area contributed by atoms with Crippen molar-refractivity contribution in [2.45, 2.75) is 12.6 Å². The maximum absolute atomic E-state index is 11.4. The van der Waals surface area contributed by atoms with E-state index >= 15 is 0 Å². The number of anilines is 1. The van der Waals surface area contributed by atoms with E-state index in [2.05, 4.69) is 4.98 Å². The summed E-state index contributed by atoms with van der Waals surface area (Å²) in [7, 11) is -4.31. The molecule has 0 fully saturated rings. The van der Waals surface area contributed by atoms with Gasteiger partial charge in [0.25, 0.3) is 0 Å². The number of ether oxygens (including phenoxy) is 1. The van der Waals surface area contributed by atoms with Crippen molar-refractivity contribution < 1.29 is 35.1 Å². The summed E-state index contributed by atoms with van der Waals surface area (Å²) in [6.45, 7) is -0.570. The third kappa shape index (κ3) is 7.31. The molecule has 0 aliphatic heterocycles. The predicted molar refractivity (Wildman–Crippen MR) is 69.0 cm³/mol. The Bertz CT molecular complexity index is 501. The van der Waals surface area contributed by atoms with Gasteiger partial charge in [-0.05, 0) is 6.07 Å². The number of aliphatic hydroxyl groups is 1. The van der Waals surface area contributed by atoms with Gasteiger partial charge in [0.15, 0.2) is 0 Å². The van der Waals surface area contributed by atoms with Gasteiger partial charge in [-0.1, -0.05) is 0 Å². The molecule has 20 heavy (non-hydrogen) atoms. The van der Waals surface area contributed by atoms with Crippen molar-refractivity contribution in [2.75, 3.05) is 18.7 Å². The Morgan fingerprint density at radius 1 is 1.45 bits per heavy atom. The molecule has 0 spiro atoms. The van der Waals surface area contributed by atoms with Gasteiger partial charge in [-0.2, -0.15) is 4.98 Å². The zero-order valence-corrected chi connectivity index (χ0v) is 11.2. The van der Waals surface area contributed by atoms with Gasteiger partial charge in [0.1, 0.15) is 12.2 Å². The fourth-order valence-electron chi connectivity index (χ4n) is 1.17. The first-order valence-corrected chi connectivity index (χ1v) is 6.71. The van der Waals surface area contributed by atoms with Crippen LogP contribution in [0.2, 0.25) is 0 Å². The molecule has 0 saturated heterocycles. The molecule has 118 valence electrons. The molecule has 1 aromatic heterocycles. The Hall–Kier alpha value is -1.33. The number of aliphatic hydroxyl groups excluding tert-OH is 1. The smallest absolute Gasteiger partial charge is 0.350 e. The Balaban J connectivity index is 0. The first-order chi connectivity index (χ1) is 8.31. The van der Waals surface area contributed by atoms with E-state index in [0.29, 0.717) is 0 Å². The highest BCUT2D eigenvalue weighted by Crippen LogP contribution is 2.34. The maximum Gasteiger partial charge on any atom is 0.350 e. The van der Waals surface area contributed by atoms with Crippen LogP contribution in [0.25, 0.3) is 0 Å². The second-order valence-electron chi connectivity index (χ2n) is 3.55. The number of nitrogens with two attached hydrogens (primary N) is 1. The lowest BCUT2D eigenvalue weighted by Crippen LogP contribution is -2.32. The minimum Gasteiger partial charge on any atom is -0.412 e. The SMILES string of the molecule is Nc1ccn(CC(CO)OCP(=O)(O)O)c(=O)n1.O.O. The fraction of sp³-hybridized carbons (Fsp3) is 0.500. The lowest BCUT2D eigenvalue weighted by molar-refractivity contribution is 0.0188. The molecule has 0 aliphatic rings. The summed E-state index contributed by atoms with van der Waals surface area (Å²) in [5, 5.41) is 8.99. The molecule has 1 heterocycles. The van der Waals surface area contributed by atoms with Gasteiger partial charge in [0, 0.05) is 6.20 Å². The third-order valence-corrected chi connectivity index (χ3v) is 2.46. The molecular formula is C8H18N3O8P. The lowest BCUT2D eigenvalue weighted by Gasteiger charge is -2.16. The van der Waals surface area contributed by atoms with Gasteiger partial charge in [0.2, 0.25) is 0 Å². The molecule has 1 unspecified atom stereocenters. The molecule has 0 bridgehead atoms. The normalized spacial score (nSPS) is 12.2. The number of nitrogen functional groups attached to an aromatic ring is 1. The van der Waals surface area contributed by atoms with Crippen LogP contribution >= 0.6 is 7.60 Å². The summed E-state index contributed by atoms with van der Waals surface area (Å²) >= 11 is 0. The molecule has 0 aromatic carbocycles. The quantitative estimate of drug-likeness (QED) is 0.389. The van der Waals surface area contributed by atoms with Crippen LogP contribution in [0, 0.1) is 0 Å². The summed E-state index contributed by atoms with van der Waals surface area (Å²) in [5.74, 6) is 0.0629. The van der Waals surface area contributed by atoms with Gasteiger partial charge in [0.05, 0.1) is 19.3 Å². The van der Waals surface area contributed by atoms with Crippen molar-refractivity contribution >= 4 is 13.4 Å². The fourth-order valence-corrected chi connectivity index (χ4v) is 1.57. The predicted octanol–water partition coefficient (Wildman–Crippen LogP) is -3.31. The molecule has 12 heteroatoms. The third-order valence-electron chi connectivity index (χ3n) is 1.98. The number of nitrogens with zero attached hydrogens (tertiary/aromatic N) is 2. The summed E-state index contributed by atoms with van der Waals surface area (Å²) in [4.78, 5) is 32.1. The molecular weight excluding hydrogens is 297 g/mol. The Labute approximate surface area is 113 Å². The van der Waals surface area contributed by atoms with E-state index < -0.39 is 32.3 Å². The van der Waals surface area contributed by atoms with Crippen molar-refractivity contribution in [3.05, 3.63) is 22.7 Å². The van der Waals surface area contributed by atoms with E-state index in [0.717, 1.165) is 4.57 Å². The Morgan fingerprint density at radius 3 is 2.50 bits per heavy atom. The molecule has 11 nitrogen and oxygen atoms in total. The summed E-state index contributed by atoms with van der Waals surface area (Å²) in [6.07, 6.45) is -0.385. The molecule has 1 atom stereocenters. The van der Waals surface area contributed by atoms with Crippen LogP contribution in [-0.4, -0.2) is 54.5 Å². The number of rotatable bonds is 6. The van der Waals surface area contributed by atoms with Crippen LogP contribution in [0.1, 0.15) is 0 Å². The number of aromatic nitrogens is 2. The molecule has 1 rings (SSSR count). The van der Waals surface area contributed by atoms with E-state index in [-0.39, 0.29) is 23.3 Å². The first-order valence-electron chi connectivity index (χ1n) is 4.92. The van der Waals surface area contributed by atoms with E-state index in [1.165, 1.54) is 12.3 Å². The summed E-state index contributed by atoms with van der Waals surface area (Å²) in [6, 6.07) is 1.39. The van der Waals surface area contributed by atoms with Crippen molar-refractivity contribution in [3.8, 4) is 0 Å². The Kier molecular flexibility index (Phi) is 9.19. The molecule has 0 radical (unpaired) electrons. The first kappa shape index (κ1) is 21.0. The second kappa shape index (κ2) is 8.76. The van der Waals surface area contributed by atoms with E-state index in [1.54, 1.807) is 0 Å². The topological polar surface area (TPSA) is 211 Å². The van der Waals surface area contributed by atoms with Gasteiger partial charge in [-0.25, -0.2) is 4.79 Å². The zero-order chi connectivity index (χ0) is 13.8. The summed E-state index contributed by atoms with van der Waals surface area (Å²) < 4.78 is 16.5. The summed E-state index contributed by atoms with van der Waals surface area (Å²) in [5.41, 5.74) is 4.67. The second-order valence-corrected chi connectivity index (χ2v) is 5.14. The molecule has 0 aliphatic carbocycles. The number of hydrogen-bond acceptors (Lipinski definition) is 6. The van der Waals surface area contributed by atoms with E-state index in [9.17, 15) is 9.36 Å². The van der Waals surface area contributed by atoms with Crippen LogP contribution in [0.5, 0.6) is 0 Å². The molecule has 1 aromatic rings. The van der Waals surface area contributed by atoms with Crippen molar-refractivity contribution in [1.29, 1.82) is 0 Å². The van der Waals surface area contributed by atoms with Gasteiger partial charge >= 0.3 is 13.3 Å². The van der Waals surface area contributed by atoms with Gasteiger partial charge < -0.3 is 36.3 Å². The lowest BCUT2D eigenvalue weighted by atomic mass is 10.3. The molecule has 0 amide bonds. The Morgan fingerprint density at radius 2 is 2.05 bits per heavy atom. The minimum atomic E-state index is -4.31. The highest BCUT2D eigenvalue weighted by atomic mass is 31.2. The van der Waals surface area contributed by atoms with Crippen LogP contribution in [-0.2, 0) is 15.8 Å². The average Bonchev–Trinajstić information content (AvgIpc) is 2.25. The van der Waals surface area contributed by atoms with E-state index in [1.807, 2.05) is 0 Å². The van der Waals surface area contributed by atoms with Crippen LogP contribution in [0.3, 0.4) is 0 Å². The average molecular weight is 315 g/mol. The number of hydrogen-bond donors (Lipinski definition) is 4. The largest absolute Gasteiger partial charge is 0.412 e. The van der Waals surface area contributed by atoms with Crippen LogP contribution < -0.4 is 11.4 Å². The monoisotopic (exact) mass is 315 g/mol. The molecule has 0 saturated carbocycles. The van der Waals surface area contributed by atoms with Crippen molar-refractivity contribution in [2.24, 2.45) is 0 Å². The highest BCUT2D eigenvalue weighted by Gasteiger charge is 2.18. The zero-order valence-electron chi connectivity index (χ0n) is 10.3. The van der Waals surface area contributed by atoms with E-state index in [4.69, 9.17) is 25.4 Å². The highest BCUT2D eigenvalue weighted by molar-refractivity contribution is 7.51.